The topological polar surface area (TPSA) is 56.8 Å². The third-order valence-electron chi connectivity index (χ3n) is 5.30. The summed E-state index contributed by atoms with van der Waals surface area (Å²) in [6.45, 7) is 6.99. The normalized spacial score (nSPS) is 11.2. The van der Waals surface area contributed by atoms with Crippen LogP contribution < -0.4 is 14.8 Å². The predicted octanol–water partition coefficient (Wildman–Crippen LogP) is 6.65. The highest BCUT2D eigenvalue weighted by molar-refractivity contribution is 5.80. The van der Waals surface area contributed by atoms with Crippen LogP contribution in [0, 0.1) is 18.6 Å². The summed E-state index contributed by atoms with van der Waals surface area (Å²) in [5.74, 6) is -0.569. The first-order valence-corrected chi connectivity index (χ1v) is 10.8. The highest BCUT2D eigenvalue weighted by Gasteiger charge is 2.20. The van der Waals surface area contributed by atoms with Gasteiger partial charge in [0, 0.05) is 11.1 Å². The molecule has 5 nitrogen and oxygen atoms in total. The molecule has 34 heavy (non-hydrogen) atoms. The third-order valence-corrected chi connectivity index (χ3v) is 5.30. The zero-order valence-corrected chi connectivity index (χ0v) is 20.2. The number of hydrogen-bond donors (Lipinski definition) is 1. The van der Waals surface area contributed by atoms with E-state index in [0.717, 1.165) is 11.1 Å². The maximum Gasteiger partial charge on any atom is 0.407 e. The van der Waals surface area contributed by atoms with Gasteiger partial charge in [-0.1, -0.05) is 30.3 Å². The van der Waals surface area contributed by atoms with Crippen LogP contribution in [0.3, 0.4) is 0 Å². The monoisotopic (exact) mass is 469 g/mol. The summed E-state index contributed by atoms with van der Waals surface area (Å²) in [7, 11) is 2.85. The Bertz CT molecular complexity index is 1200. The zero-order valence-electron chi connectivity index (χ0n) is 20.2. The quantitative estimate of drug-likeness (QED) is 0.439. The van der Waals surface area contributed by atoms with Crippen LogP contribution in [-0.2, 0) is 11.3 Å². The number of nitrogens with one attached hydrogen (secondary N) is 1. The second kappa shape index (κ2) is 10.1. The number of alkyl carbamates (subject to hydrolysis) is 1. The fourth-order valence-corrected chi connectivity index (χ4v) is 3.71. The van der Waals surface area contributed by atoms with Gasteiger partial charge in [0.2, 0.25) is 0 Å². The maximum atomic E-state index is 15.1. The number of amides is 1. The van der Waals surface area contributed by atoms with Gasteiger partial charge in [-0.2, -0.15) is 0 Å². The molecule has 0 fully saturated rings. The van der Waals surface area contributed by atoms with Gasteiger partial charge < -0.3 is 19.5 Å². The molecule has 3 rings (SSSR count). The van der Waals surface area contributed by atoms with Gasteiger partial charge in [-0.3, -0.25) is 0 Å². The summed E-state index contributed by atoms with van der Waals surface area (Å²) >= 11 is 0. The van der Waals surface area contributed by atoms with E-state index in [2.05, 4.69) is 5.32 Å². The van der Waals surface area contributed by atoms with E-state index < -0.39 is 23.3 Å². The van der Waals surface area contributed by atoms with Crippen molar-refractivity contribution in [1.82, 2.24) is 5.32 Å². The summed E-state index contributed by atoms with van der Waals surface area (Å²) in [4.78, 5) is 12.0. The molecule has 1 N–H and O–H groups in total. The van der Waals surface area contributed by atoms with Gasteiger partial charge in [0.15, 0.2) is 11.6 Å². The minimum Gasteiger partial charge on any atom is -0.496 e. The molecule has 0 radical (unpaired) electrons. The van der Waals surface area contributed by atoms with Crippen molar-refractivity contribution < 1.29 is 27.8 Å². The average Bonchev–Trinajstić information content (AvgIpc) is 2.77. The molecule has 0 aliphatic carbocycles. The first kappa shape index (κ1) is 25.0. The number of carbonyl (C=O) groups excluding carboxylic acids is 1. The van der Waals surface area contributed by atoms with Crippen LogP contribution in [0.25, 0.3) is 22.3 Å². The molecule has 3 aromatic carbocycles. The molecule has 0 saturated carbocycles. The fourth-order valence-electron chi connectivity index (χ4n) is 3.71. The van der Waals surface area contributed by atoms with Crippen molar-refractivity contribution in [1.29, 1.82) is 0 Å². The molecule has 0 atom stereocenters. The van der Waals surface area contributed by atoms with Crippen molar-refractivity contribution in [2.24, 2.45) is 0 Å². The molecule has 0 bridgehead atoms. The number of benzene rings is 3. The second-order valence-electron chi connectivity index (χ2n) is 8.79. The van der Waals surface area contributed by atoms with E-state index in [9.17, 15) is 9.18 Å². The maximum absolute atomic E-state index is 15.1. The standard InChI is InChI=1S/C27H29F2NO4/c1-16-18(9-7-10-19(16)20-11-8-12-23(32-5)25(20)29)17-13-22(28)21(24(14-17)33-6)15-30-26(31)34-27(2,3)4/h7-14H,15H2,1-6H3,(H,30,31). The second-order valence-corrected chi connectivity index (χ2v) is 8.79. The molecule has 180 valence electrons. The summed E-state index contributed by atoms with van der Waals surface area (Å²) < 4.78 is 45.8. The van der Waals surface area contributed by atoms with Gasteiger partial charge in [0.1, 0.15) is 17.2 Å². The molecular weight excluding hydrogens is 440 g/mol. The summed E-state index contributed by atoms with van der Waals surface area (Å²) in [5, 5.41) is 2.55. The van der Waals surface area contributed by atoms with Crippen LogP contribution in [0.2, 0.25) is 0 Å². The lowest BCUT2D eigenvalue weighted by Gasteiger charge is -2.20. The van der Waals surface area contributed by atoms with Gasteiger partial charge in [0.05, 0.1) is 20.8 Å². The van der Waals surface area contributed by atoms with Crippen molar-refractivity contribution in [2.75, 3.05) is 14.2 Å². The van der Waals surface area contributed by atoms with E-state index in [4.69, 9.17) is 14.2 Å². The zero-order chi connectivity index (χ0) is 25.0. The number of halogens is 2. The average molecular weight is 470 g/mol. The smallest absolute Gasteiger partial charge is 0.407 e. The van der Waals surface area contributed by atoms with E-state index >= 15 is 4.39 Å². The van der Waals surface area contributed by atoms with Crippen molar-refractivity contribution >= 4 is 6.09 Å². The van der Waals surface area contributed by atoms with Crippen LogP contribution in [0.1, 0.15) is 31.9 Å². The summed E-state index contributed by atoms with van der Waals surface area (Å²) in [6.07, 6.45) is -0.651. The number of hydrogen-bond acceptors (Lipinski definition) is 4. The molecule has 0 aromatic heterocycles. The molecular formula is C27H29F2NO4. The highest BCUT2D eigenvalue weighted by Crippen LogP contribution is 2.37. The van der Waals surface area contributed by atoms with E-state index in [1.54, 1.807) is 51.1 Å². The Balaban J connectivity index is 1.98. The van der Waals surface area contributed by atoms with Gasteiger partial charge >= 0.3 is 6.09 Å². The summed E-state index contributed by atoms with van der Waals surface area (Å²) in [6, 6.07) is 13.5. The molecule has 0 spiro atoms. The van der Waals surface area contributed by atoms with Crippen LogP contribution in [0.15, 0.2) is 48.5 Å². The SMILES string of the molecule is COc1cccc(-c2cccc(-c3cc(F)c(CNC(=O)OC(C)(C)C)c(OC)c3)c2C)c1F. The molecule has 1 amide bonds. The summed E-state index contributed by atoms with van der Waals surface area (Å²) in [5.41, 5.74) is 2.66. The lowest BCUT2D eigenvalue weighted by Crippen LogP contribution is -2.32. The lowest BCUT2D eigenvalue weighted by molar-refractivity contribution is 0.0523. The van der Waals surface area contributed by atoms with Crippen molar-refractivity contribution in [3.8, 4) is 33.8 Å². The first-order valence-electron chi connectivity index (χ1n) is 10.8. The largest absolute Gasteiger partial charge is 0.496 e. The lowest BCUT2D eigenvalue weighted by atomic mass is 9.91. The number of rotatable bonds is 6. The Morgan fingerprint density at radius 3 is 2.18 bits per heavy atom. The first-order chi connectivity index (χ1) is 16.1. The Labute approximate surface area is 198 Å². The number of methoxy groups -OCH3 is 2. The van der Waals surface area contributed by atoms with Gasteiger partial charge in [-0.05, 0) is 68.1 Å². The Hall–Kier alpha value is -3.61. The van der Waals surface area contributed by atoms with Gasteiger partial charge in [-0.25, -0.2) is 13.6 Å². The third kappa shape index (κ3) is 5.47. The van der Waals surface area contributed by atoms with Crippen LogP contribution in [0.4, 0.5) is 13.6 Å². The molecule has 3 aromatic rings. The number of ether oxygens (including phenoxy) is 3. The van der Waals surface area contributed by atoms with Crippen molar-refractivity contribution in [3.05, 3.63) is 71.3 Å². The molecule has 7 heteroatoms. The molecule has 0 heterocycles. The highest BCUT2D eigenvalue weighted by atomic mass is 19.1. The Morgan fingerprint density at radius 2 is 1.53 bits per heavy atom. The Morgan fingerprint density at radius 1 is 0.912 bits per heavy atom. The predicted molar refractivity (Wildman–Crippen MR) is 128 cm³/mol. The molecule has 0 aliphatic heterocycles. The number of carbonyl (C=O) groups is 1. The van der Waals surface area contributed by atoms with Crippen LogP contribution in [0.5, 0.6) is 11.5 Å². The van der Waals surface area contributed by atoms with Crippen molar-refractivity contribution in [2.45, 2.75) is 39.8 Å². The van der Waals surface area contributed by atoms with E-state index in [-0.39, 0.29) is 23.6 Å². The van der Waals surface area contributed by atoms with Crippen LogP contribution in [-0.4, -0.2) is 25.9 Å². The van der Waals surface area contributed by atoms with Gasteiger partial charge in [-0.15, -0.1) is 0 Å². The van der Waals surface area contributed by atoms with E-state index in [0.29, 0.717) is 16.7 Å². The minimum atomic E-state index is -0.665. The molecule has 0 unspecified atom stereocenters. The van der Waals surface area contributed by atoms with Crippen LogP contribution >= 0.6 is 0 Å². The van der Waals surface area contributed by atoms with E-state index in [1.807, 2.05) is 19.1 Å². The molecule has 0 aliphatic rings. The fraction of sp³-hybridized carbons (Fsp3) is 0.296. The molecule has 0 saturated heterocycles. The van der Waals surface area contributed by atoms with E-state index in [1.165, 1.54) is 20.3 Å². The van der Waals surface area contributed by atoms with Gasteiger partial charge in [0.25, 0.3) is 0 Å². The van der Waals surface area contributed by atoms with Crippen molar-refractivity contribution in [3.63, 3.8) is 0 Å². The minimum absolute atomic E-state index is 0.0990. The Kier molecular flexibility index (Phi) is 7.44.